The van der Waals surface area contributed by atoms with Crippen molar-refractivity contribution in [2.24, 2.45) is 0 Å². The minimum Gasteiger partial charge on any atom is -0.461 e. The Bertz CT molecular complexity index is 1500. The molecule has 0 saturated carbocycles. The highest BCUT2D eigenvalue weighted by molar-refractivity contribution is 6.32. The molecule has 5 rings (SSSR count). The molecule has 1 amide bonds. The van der Waals surface area contributed by atoms with E-state index in [0.29, 0.717) is 42.6 Å². The Hall–Kier alpha value is -4.24. The fraction of sp³-hybridized carbons (Fsp3) is 0.207. The lowest BCUT2D eigenvalue weighted by atomic mass is 10.1. The maximum absolute atomic E-state index is 13.6. The summed E-state index contributed by atoms with van der Waals surface area (Å²) in [5.74, 6) is -2.46. The molecule has 0 bridgehead atoms. The molecule has 1 fully saturated rings. The predicted octanol–water partition coefficient (Wildman–Crippen LogP) is 5.61. The van der Waals surface area contributed by atoms with Crippen molar-refractivity contribution in [3.05, 3.63) is 101 Å². The summed E-state index contributed by atoms with van der Waals surface area (Å²) in [6.45, 7) is 3.93. The standard InChI is InChI=1S/C29H25ClF2N4O3/c1-2-39-29(38)25-18-27(36(33-25)26-6-4-3-5-24(26)30)19-7-9-23(10-8-19)34-11-13-35(14-12-34)28(37)20-15-21(31)17-22(32)16-20/h3-10,15-18H,2,11-14H2,1H3. The number of nitrogens with zero attached hydrogens (tertiary/aromatic N) is 4. The van der Waals surface area contributed by atoms with Crippen molar-refractivity contribution in [3.8, 4) is 16.9 Å². The van der Waals surface area contributed by atoms with Gasteiger partial charge < -0.3 is 14.5 Å². The molecule has 1 aliphatic rings. The summed E-state index contributed by atoms with van der Waals surface area (Å²) in [5.41, 5.74) is 3.27. The second-order valence-electron chi connectivity index (χ2n) is 8.98. The first-order valence-corrected chi connectivity index (χ1v) is 12.8. The molecule has 4 aromatic rings. The summed E-state index contributed by atoms with van der Waals surface area (Å²) in [6.07, 6.45) is 0. The van der Waals surface area contributed by atoms with Gasteiger partial charge >= 0.3 is 5.97 Å². The van der Waals surface area contributed by atoms with E-state index in [0.717, 1.165) is 29.4 Å². The van der Waals surface area contributed by atoms with Crippen LogP contribution in [0.5, 0.6) is 0 Å². The van der Waals surface area contributed by atoms with Crippen molar-refractivity contribution in [3.63, 3.8) is 0 Å². The highest BCUT2D eigenvalue weighted by Crippen LogP contribution is 2.30. The maximum atomic E-state index is 13.6. The van der Waals surface area contributed by atoms with Crippen molar-refractivity contribution in [1.82, 2.24) is 14.7 Å². The van der Waals surface area contributed by atoms with Crippen LogP contribution in [0.15, 0.2) is 72.8 Å². The highest BCUT2D eigenvalue weighted by Gasteiger charge is 2.24. The molecule has 0 aliphatic carbocycles. The number of carbonyl (C=O) groups is 2. The van der Waals surface area contributed by atoms with Gasteiger partial charge in [0.2, 0.25) is 0 Å². The van der Waals surface area contributed by atoms with Crippen LogP contribution in [0.3, 0.4) is 0 Å². The Morgan fingerprint density at radius 2 is 1.59 bits per heavy atom. The quantitative estimate of drug-likeness (QED) is 0.292. The monoisotopic (exact) mass is 550 g/mol. The number of rotatable bonds is 6. The van der Waals surface area contributed by atoms with Gasteiger partial charge in [-0.3, -0.25) is 4.79 Å². The van der Waals surface area contributed by atoms with Gasteiger partial charge in [-0.05, 0) is 49.4 Å². The van der Waals surface area contributed by atoms with Crippen LogP contribution in [0, 0.1) is 11.6 Å². The molecule has 0 N–H and O–H groups in total. The summed E-state index contributed by atoms with van der Waals surface area (Å²) in [5, 5.41) is 4.96. The zero-order chi connectivity index (χ0) is 27.5. The number of esters is 1. The van der Waals surface area contributed by atoms with Gasteiger partial charge in [-0.25, -0.2) is 18.3 Å². The molecule has 1 saturated heterocycles. The molecular weight excluding hydrogens is 526 g/mol. The third-order valence-corrected chi connectivity index (χ3v) is 6.80. The normalized spacial score (nSPS) is 13.4. The Balaban J connectivity index is 1.34. The summed E-state index contributed by atoms with van der Waals surface area (Å²) in [7, 11) is 0. The number of aromatic nitrogens is 2. The first-order valence-electron chi connectivity index (χ1n) is 12.5. The smallest absolute Gasteiger partial charge is 0.358 e. The molecule has 1 aliphatic heterocycles. The number of para-hydroxylation sites is 1. The summed E-state index contributed by atoms with van der Waals surface area (Å²) in [6, 6.07) is 19.6. The van der Waals surface area contributed by atoms with E-state index in [4.69, 9.17) is 16.3 Å². The number of hydrogen-bond acceptors (Lipinski definition) is 5. The SMILES string of the molecule is CCOC(=O)c1cc(-c2ccc(N3CCN(C(=O)c4cc(F)cc(F)c4)CC3)cc2)n(-c2ccccc2Cl)n1. The van der Waals surface area contributed by atoms with Crippen LogP contribution in [-0.2, 0) is 4.74 Å². The lowest BCUT2D eigenvalue weighted by Crippen LogP contribution is -2.48. The van der Waals surface area contributed by atoms with Gasteiger partial charge in [0.25, 0.3) is 5.91 Å². The first-order chi connectivity index (χ1) is 18.8. The topological polar surface area (TPSA) is 67.7 Å². The Morgan fingerprint density at radius 3 is 2.23 bits per heavy atom. The van der Waals surface area contributed by atoms with E-state index in [1.54, 1.807) is 28.6 Å². The van der Waals surface area contributed by atoms with Gasteiger partial charge in [-0.15, -0.1) is 0 Å². The van der Waals surface area contributed by atoms with Crippen molar-refractivity contribution in [1.29, 1.82) is 0 Å². The van der Waals surface area contributed by atoms with Gasteiger partial charge in [0.05, 0.1) is 23.0 Å². The molecule has 0 atom stereocenters. The van der Waals surface area contributed by atoms with E-state index < -0.39 is 23.5 Å². The summed E-state index contributed by atoms with van der Waals surface area (Å²) >= 11 is 6.43. The van der Waals surface area contributed by atoms with E-state index in [1.165, 1.54) is 0 Å². The molecule has 3 aromatic carbocycles. The van der Waals surface area contributed by atoms with Crippen LogP contribution < -0.4 is 4.90 Å². The Morgan fingerprint density at radius 1 is 0.923 bits per heavy atom. The number of ether oxygens (including phenoxy) is 1. The number of amides is 1. The zero-order valence-electron chi connectivity index (χ0n) is 21.1. The highest BCUT2D eigenvalue weighted by atomic mass is 35.5. The molecule has 7 nitrogen and oxygen atoms in total. The molecule has 39 heavy (non-hydrogen) atoms. The molecule has 10 heteroatoms. The van der Waals surface area contributed by atoms with Crippen molar-refractivity contribution in [2.75, 3.05) is 37.7 Å². The first kappa shape index (κ1) is 26.4. The predicted molar refractivity (Wildman–Crippen MR) is 144 cm³/mol. The van der Waals surface area contributed by atoms with E-state index in [-0.39, 0.29) is 17.9 Å². The second-order valence-corrected chi connectivity index (χ2v) is 9.39. The van der Waals surface area contributed by atoms with Gasteiger partial charge in [-0.1, -0.05) is 35.9 Å². The third kappa shape index (κ3) is 5.63. The number of anilines is 1. The van der Waals surface area contributed by atoms with Gasteiger partial charge in [0.15, 0.2) is 5.69 Å². The Labute approximate surface area is 229 Å². The van der Waals surface area contributed by atoms with Crippen molar-refractivity contribution >= 4 is 29.2 Å². The van der Waals surface area contributed by atoms with E-state index in [1.807, 2.05) is 42.5 Å². The zero-order valence-corrected chi connectivity index (χ0v) is 21.9. The second kappa shape index (κ2) is 11.2. The van der Waals surface area contributed by atoms with Gasteiger partial charge in [0, 0.05) is 49.1 Å². The fourth-order valence-electron chi connectivity index (χ4n) is 4.57. The fourth-order valence-corrected chi connectivity index (χ4v) is 4.79. The van der Waals surface area contributed by atoms with Crippen LogP contribution >= 0.6 is 11.6 Å². The molecular formula is C29H25ClF2N4O3. The number of carbonyl (C=O) groups excluding carboxylic acids is 2. The van der Waals surface area contributed by atoms with E-state index in [2.05, 4.69) is 10.00 Å². The summed E-state index contributed by atoms with van der Waals surface area (Å²) < 4.78 is 33.9. The molecule has 2 heterocycles. The lowest BCUT2D eigenvalue weighted by Gasteiger charge is -2.36. The Kier molecular flexibility index (Phi) is 7.60. The molecule has 200 valence electrons. The number of halogens is 3. The number of piperazine rings is 1. The van der Waals surface area contributed by atoms with Crippen LogP contribution in [0.1, 0.15) is 27.8 Å². The maximum Gasteiger partial charge on any atom is 0.358 e. The minimum absolute atomic E-state index is 0.00243. The average Bonchev–Trinajstić information content (AvgIpc) is 3.38. The summed E-state index contributed by atoms with van der Waals surface area (Å²) in [4.78, 5) is 28.9. The number of hydrogen-bond donors (Lipinski definition) is 0. The van der Waals surface area contributed by atoms with Crippen LogP contribution in [0.2, 0.25) is 5.02 Å². The molecule has 0 radical (unpaired) electrons. The molecule has 0 unspecified atom stereocenters. The largest absolute Gasteiger partial charge is 0.461 e. The van der Waals surface area contributed by atoms with Crippen LogP contribution in [0.25, 0.3) is 16.9 Å². The van der Waals surface area contributed by atoms with Crippen molar-refractivity contribution < 1.29 is 23.1 Å². The van der Waals surface area contributed by atoms with Crippen LogP contribution in [0.4, 0.5) is 14.5 Å². The average molecular weight is 551 g/mol. The van der Waals surface area contributed by atoms with Crippen LogP contribution in [-0.4, -0.2) is 59.3 Å². The minimum atomic E-state index is -0.776. The molecule has 0 spiro atoms. The lowest BCUT2D eigenvalue weighted by molar-refractivity contribution is 0.0518. The van der Waals surface area contributed by atoms with Crippen molar-refractivity contribution in [2.45, 2.75) is 6.92 Å². The molecule has 1 aromatic heterocycles. The van der Waals surface area contributed by atoms with Gasteiger partial charge in [-0.2, -0.15) is 5.10 Å². The van der Waals surface area contributed by atoms with E-state index >= 15 is 0 Å². The van der Waals surface area contributed by atoms with E-state index in [9.17, 15) is 18.4 Å². The van der Waals surface area contributed by atoms with Gasteiger partial charge in [0.1, 0.15) is 11.6 Å². The number of benzene rings is 3. The third-order valence-electron chi connectivity index (χ3n) is 6.48.